The third kappa shape index (κ3) is 2.99. The molecule has 2 aliphatic rings. The number of fused-ring (bicyclic) bond motifs is 2. The molecule has 0 amide bonds. The summed E-state index contributed by atoms with van der Waals surface area (Å²) in [6.07, 6.45) is 5.80. The van der Waals surface area contributed by atoms with E-state index in [1.54, 1.807) is 24.4 Å². The molecule has 5 rings (SSSR count). The molecule has 0 unspecified atom stereocenters. The predicted octanol–water partition coefficient (Wildman–Crippen LogP) is 3.05. The molecule has 2 aromatic heterocycles. The van der Waals surface area contributed by atoms with Crippen molar-refractivity contribution in [1.82, 2.24) is 14.8 Å². The van der Waals surface area contributed by atoms with E-state index in [0.717, 1.165) is 31.2 Å². The average Bonchev–Trinajstić information content (AvgIpc) is 3.26. The van der Waals surface area contributed by atoms with Gasteiger partial charge in [0.1, 0.15) is 5.39 Å². The monoisotopic (exact) mass is 423 g/mol. The molecule has 1 fully saturated rings. The van der Waals surface area contributed by atoms with Crippen molar-refractivity contribution in [2.75, 3.05) is 11.1 Å². The zero-order chi connectivity index (χ0) is 20.9. The first kappa shape index (κ1) is 18.9. The maximum Gasteiger partial charge on any atom is 0.261 e. The fourth-order valence-electron chi connectivity index (χ4n) is 4.64. The van der Waals surface area contributed by atoms with Crippen LogP contribution >= 0.6 is 0 Å². The highest BCUT2D eigenvalue weighted by molar-refractivity contribution is 7.91. The fraction of sp³-hybridized carbons (Fsp3) is 0.381. The van der Waals surface area contributed by atoms with Crippen molar-refractivity contribution in [2.24, 2.45) is 5.92 Å². The third-order valence-corrected chi connectivity index (χ3v) is 7.95. The Bertz CT molecular complexity index is 1350. The number of nitriles is 1. The summed E-state index contributed by atoms with van der Waals surface area (Å²) in [5.41, 5.74) is 1.89. The molecule has 0 bridgehead atoms. The molecule has 0 radical (unpaired) electrons. The number of rotatable bonds is 3. The van der Waals surface area contributed by atoms with Gasteiger partial charge in [0.25, 0.3) is 5.56 Å². The number of aromatic nitrogens is 3. The Balaban J connectivity index is 1.59. The van der Waals surface area contributed by atoms with Crippen molar-refractivity contribution in [3.63, 3.8) is 0 Å². The lowest BCUT2D eigenvalue weighted by atomic mass is 9.85. The number of aromatic amines is 1. The van der Waals surface area contributed by atoms with E-state index in [9.17, 15) is 18.5 Å². The van der Waals surface area contributed by atoms with Crippen LogP contribution in [-0.4, -0.2) is 28.9 Å². The summed E-state index contributed by atoms with van der Waals surface area (Å²) >= 11 is 0. The highest BCUT2D eigenvalue weighted by Crippen LogP contribution is 2.37. The van der Waals surface area contributed by atoms with Gasteiger partial charge in [-0.05, 0) is 49.1 Å². The van der Waals surface area contributed by atoms with Crippen molar-refractivity contribution >= 4 is 32.2 Å². The van der Waals surface area contributed by atoms with Crippen LogP contribution in [0.25, 0.3) is 10.9 Å². The zero-order valence-electron chi connectivity index (χ0n) is 16.3. The van der Waals surface area contributed by atoms with Crippen molar-refractivity contribution < 1.29 is 8.42 Å². The molecule has 154 valence electrons. The van der Waals surface area contributed by atoms with Crippen LogP contribution in [0, 0.1) is 17.2 Å². The number of hydrogen-bond acceptors (Lipinski definition) is 6. The topological polar surface area (TPSA) is 121 Å². The summed E-state index contributed by atoms with van der Waals surface area (Å²) < 4.78 is 26.0. The first-order valence-electron chi connectivity index (χ1n) is 10.1. The Kier molecular flexibility index (Phi) is 4.40. The summed E-state index contributed by atoms with van der Waals surface area (Å²) in [6.45, 7) is 0. The molecule has 30 heavy (non-hydrogen) atoms. The number of nitrogens with one attached hydrogen (secondary N) is 2. The maximum atomic E-state index is 12.6. The largest absolute Gasteiger partial charge is 0.338 e. The second-order valence-corrected chi connectivity index (χ2v) is 10.0. The Labute approximate surface area is 173 Å². The molecule has 3 aromatic rings. The molecule has 1 aliphatic carbocycles. The highest BCUT2D eigenvalue weighted by atomic mass is 32.2. The van der Waals surface area contributed by atoms with E-state index < -0.39 is 9.84 Å². The van der Waals surface area contributed by atoms with E-state index in [4.69, 9.17) is 5.10 Å². The first-order chi connectivity index (χ1) is 14.5. The molecule has 0 spiro atoms. The van der Waals surface area contributed by atoms with Crippen LogP contribution in [0.3, 0.4) is 0 Å². The van der Waals surface area contributed by atoms with Gasteiger partial charge in [0.2, 0.25) is 0 Å². The number of aryl methyl sites for hydroxylation is 1. The third-order valence-electron chi connectivity index (χ3n) is 6.14. The van der Waals surface area contributed by atoms with E-state index in [0.29, 0.717) is 33.7 Å². The lowest BCUT2D eigenvalue weighted by Gasteiger charge is -2.27. The molecule has 9 heteroatoms. The van der Waals surface area contributed by atoms with Gasteiger partial charge in [-0.2, -0.15) is 10.4 Å². The van der Waals surface area contributed by atoms with Crippen LogP contribution in [-0.2, 0) is 16.3 Å². The van der Waals surface area contributed by atoms with Gasteiger partial charge in [0, 0.05) is 11.9 Å². The molecule has 8 nitrogen and oxygen atoms in total. The van der Waals surface area contributed by atoms with E-state index in [1.165, 1.54) is 0 Å². The van der Waals surface area contributed by atoms with Crippen LogP contribution in [0.5, 0.6) is 0 Å². The van der Waals surface area contributed by atoms with Gasteiger partial charge in [0.15, 0.2) is 15.7 Å². The minimum atomic E-state index is -3.19. The van der Waals surface area contributed by atoms with Gasteiger partial charge in [0.05, 0.1) is 34.2 Å². The normalized spacial score (nSPS) is 22.5. The van der Waals surface area contributed by atoms with Crippen LogP contribution in [0.4, 0.5) is 11.5 Å². The molecule has 2 atom stereocenters. The quantitative estimate of drug-likeness (QED) is 0.668. The predicted molar refractivity (Wildman–Crippen MR) is 112 cm³/mol. The SMILES string of the molecule is N#C[C@H]1CCCC[C@@H]1n1nc(Nc2ccc3c(c2)CCS3(=O)=O)c2c(=O)[nH]ccc21. The van der Waals surface area contributed by atoms with Gasteiger partial charge in [-0.15, -0.1) is 0 Å². The summed E-state index contributed by atoms with van der Waals surface area (Å²) in [5.74, 6) is 0.398. The lowest BCUT2D eigenvalue weighted by Crippen LogP contribution is -2.23. The average molecular weight is 423 g/mol. The Morgan fingerprint density at radius 2 is 2.07 bits per heavy atom. The Morgan fingerprint density at radius 1 is 1.23 bits per heavy atom. The van der Waals surface area contributed by atoms with Crippen LogP contribution in [0.1, 0.15) is 37.3 Å². The molecule has 1 saturated carbocycles. The highest BCUT2D eigenvalue weighted by Gasteiger charge is 2.30. The fourth-order valence-corrected chi connectivity index (χ4v) is 6.19. The smallest absolute Gasteiger partial charge is 0.261 e. The molecule has 1 aliphatic heterocycles. The van der Waals surface area contributed by atoms with Crippen molar-refractivity contribution in [3.8, 4) is 6.07 Å². The number of sulfone groups is 1. The van der Waals surface area contributed by atoms with Gasteiger partial charge in [-0.1, -0.05) is 12.8 Å². The summed E-state index contributed by atoms with van der Waals surface area (Å²) in [6, 6.07) is 9.25. The Hall–Kier alpha value is -3.12. The first-order valence-corrected chi connectivity index (χ1v) is 11.8. The van der Waals surface area contributed by atoms with Crippen LogP contribution in [0.2, 0.25) is 0 Å². The van der Waals surface area contributed by atoms with Crippen molar-refractivity contribution in [3.05, 3.63) is 46.4 Å². The molecule has 3 heterocycles. The van der Waals surface area contributed by atoms with E-state index in [1.807, 2.05) is 10.7 Å². The van der Waals surface area contributed by atoms with Crippen molar-refractivity contribution in [2.45, 2.75) is 43.0 Å². The van der Waals surface area contributed by atoms with E-state index in [-0.39, 0.29) is 23.3 Å². The number of H-pyrrole nitrogens is 1. The van der Waals surface area contributed by atoms with Gasteiger partial charge in [-0.3, -0.25) is 9.48 Å². The number of hydrogen-bond donors (Lipinski definition) is 2. The summed E-state index contributed by atoms with van der Waals surface area (Å²) in [4.78, 5) is 15.7. The van der Waals surface area contributed by atoms with Gasteiger partial charge >= 0.3 is 0 Å². The number of benzene rings is 1. The number of anilines is 2. The molecular weight excluding hydrogens is 402 g/mol. The number of nitrogens with zero attached hydrogens (tertiary/aromatic N) is 3. The molecule has 1 aromatic carbocycles. The van der Waals surface area contributed by atoms with Crippen LogP contribution < -0.4 is 10.9 Å². The van der Waals surface area contributed by atoms with E-state index >= 15 is 0 Å². The van der Waals surface area contributed by atoms with E-state index in [2.05, 4.69) is 16.4 Å². The minimum Gasteiger partial charge on any atom is -0.338 e. The second kappa shape index (κ2) is 6.99. The zero-order valence-corrected chi connectivity index (χ0v) is 17.1. The summed E-state index contributed by atoms with van der Waals surface area (Å²) in [5, 5.41) is 18.0. The van der Waals surface area contributed by atoms with Crippen molar-refractivity contribution in [1.29, 1.82) is 5.26 Å². The standard InChI is InChI=1S/C21H21N5O3S/c22-12-14-3-1-2-4-16(14)26-17-7-9-23-21(27)19(17)20(25-26)24-15-5-6-18-13(11-15)8-10-30(18,28)29/h5-7,9,11,14,16H,1-4,8,10H2,(H,23,27)(H,24,25)/t14-,16+/m1/s1. The molecule has 2 N–H and O–H groups in total. The second-order valence-electron chi connectivity index (χ2n) is 7.96. The van der Waals surface area contributed by atoms with Crippen LogP contribution in [0.15, 0.2) is 40.2 Å². The Morgan fingerprint density at radius 3 is 2.90 bits per heavy atom. The van der Waals surface area contributed by atoms with Gasteiger partial charge in [-0.25, -0.2) is 8.42 Å². The summed E-state index contributed by atoms with van der Waals surface area (Å²) in [7, 11) is -3.19. The molecular formula is C21H21N5O3S. The number of pyridine rings is 1. The van der Waals surface area contributed by atoms with Gasteiger partial charge < -0.3 is 10.3 Å². The minimum absolute atomic E-state index is 0.0752. The maximum absolute atomic E-state index is 12.6. The molecule has 0 saturated heterocycles. The lowest BCUT2D eigenvalue weighted by molar-refractivity contribution is 0.277.